The van der Waals surface area contributed by atoms with Gasteiger partial charge >= 0.3 is 18.2 Å². The lowest BCUT2D eigenvalue weighted by Crippen LogP contribution is -2.42. The van der Waals surface area contributed by atoms with Crippen LogP contribution in [0.2, 0.25) is 0 Å². The van der Waals surface area contributed by atoms with Gasteiger partial charge in [-0.05, 0) is 36.1 Å². The molecule has 0 saturated carbocycles. The molecule has 172 valence electrons. The van der Waals surface area contributed by atoms with E-state index in [1.54, 1.807) is 30.3 Å². The fourth-order valence-corrected chi connectivity index (χ4v) is 2.75. The molecule has 0 fully saturated rings. The van der Waals surface area contributed by atoms with Crippen LogP contribution in [0.4, 0.5) is 26.7 Å². The Hall–Kier alpha value is -3.43. The standard InChI is InChI=1S/C22H20F5NO4/c1-2-10-31-21(30)28-18(20(29)32-13-14-6-4-3-5-7-14)9-8-15-11-16(23)19(17(24)12-15)22(25,26)27/h2-7,11-12,18H,1,8-10,13H2,(H,28,30). The summed E-state index contributed by atoms with van der Waals surface area (Å²) in [5, 5.41) is 2.27. The molecule has 1 atom stereocenters. The molecule has 0 saturated heterocycles. The quantitative estimate of drug-likeness (QED) is 0.329. The van der Waals surface area contributed by atoms with Gasteiger partial charge in [-0.1, -0.05) is 43.0 Å². The Balaban J connectivity index is 2.10. The van der Waals surface area contributed by atoms with E-state index in [1.165, 1.54) is 6.08 Å². The molecule has 0 bridgehead atoms. The van der Waals surface area contributed by atoms with Crippen molar-refractivity contribution in [3.05, 3.63) is 83.4 Å². The molecule has 32 heavy (non-hydrogen) atoms. The van der Waals surface area contributed by atoms with Gasteiger partial charge in [-0.25, -0.2) is 18.4 Å². The second-order valence-electron chi connectivity index (χ2n) is 6.65. The van der Waals surface area contributed by atoms with Crippen LogP contribution in [0.15, 0.2) is 55.1 Å². The zero-order chi connectivity index (χ0) is 23.7. The van der Waals surface area contributed by atoms with E-state index in [0.717, 1.165) is 0 Å². The summed E-state index contributed by atoms with van der Waals surface area (Å²) in [4.78, 5) is 24.3. The zero-order valence-corrected chi connectivity index (χ0v) is 16.8. The van der Waals surface area contributed by atoms with Gasteiger partial charge in [0.15, 0.2) is 0 Å². The summed E-state index contributed by atoms with van der Waals surface area (Å²) in [6, 6.07) is 8.46. The van der Waals surface area contributed by atoms with Crippen LogP contribution in [-0.4, -0.2) is 24.7 Å². The number of carbonyl (C=O) groups excluding carboxylic acids is 2. The number of aryl methyl sites for hydroxylation is 1. The van der Waals surface area contributed by atoms with Crippen LogP contribution < -0.4 is 5.32 Å². The molecule has 0 aliphatic rings. The summed E-state index contributed by atoms with van der Waals surface area (Å²) >= 11 is 0. The highest BCUT2D eigenvalue weighted by atomic mass is 19.4. The summed E-state index contributed by atoms with van der Waals surface area (Å²) < 4.78 is 75.7. The van der Waals surface area contributed by atoms with Crippen molar-refractivity contribution >= 4 is 12.1 Å². The lowest BCUT2D eigenvalue weighted by molar-refractivity contribution is -0.147. The molecule has 1 amide bonds. The van der Waals surface area contributed by atoms with Crippen molar-refractivity contribution in [1.82, 2.24) is 5.32 Å². The molecular weight excluding hydrogens is 437 g/mol. The van der Waals surface area contributed by atoms with Gasteiger partial charge in [0, 0.05) is 0 Å². The number of benzene rings is 2. The number of esters is 1. The van der Waals surface area contributed by atoms with Gasteiger partial charge in [0.2, 0.25) is 0 Å². The second kappa shape index (κ2) is 11.3. The number of rotatable bonds is 9. The number of alkyl carbamates (subject to hydrolysis) is 1. The molecule has 0 heterocycles. The number of alkyl halides is 3. The maximum Gasteiger partial charge on any atom is 0.422 e. The van der Waals surface area contributed by atoms with Gasteiger partial charge in [0.25, 0.3) is 0 Å². The van der Waals surface area contributed by atoms with Crippen molar-refractivity contribution in [1.29, 1.82) is 0 Å². The molecule has 5 nitrogen and oxygen atoms in total. The Morgan fingerprint density at radius 2 is 1.66 bits per heavy atom. The minimum Gasteiger partial charge on any atom is -0.459 e. The van der Waals surface area contributed by atoms with E-state index in [0.29, 0.717) is 17.7 Å². The van der Waals surface area contributed by atoms with Crippen molar-refractivity contribution in [3.8, 4) is 0 Å². The molecule has 10 heteroatoms. The van der Waals surface area contributed by atoms with E-state index < -0.39 is 41.5 Å². The monoisotopic (exact) mass is 457 g/mol. The summed E-state index contributed by atoms with van der Waals surface area (Å²) in [6.07, 6.45) is -5.28. The highest BCUT2D eigenvalue weighted by Crippen LogP contribution is 2.34. The van der Waals surface area contributed by atoms with Gasteiger partial charge in [-0.3, -0.25) is 0 Å². The maximum absolute atomic E-state index is 13.8. The molecule has 2 rings (SSSR count). The summed E-state index contributed by atoms with van der Waals surface area (Å²) in [7, 11) is 0. The fourth-order valence-electron chi connectivity index (χ4n) is 2.75. The normalized spacial score (nSPS) is 12.0. The molecular formula is C22H20F5NO4. The average molecular weight is 457 g/mol. The molecule has 1 unspecified atom stereocenters. The Kier molecular flexibility index (Phi) is 8.74. The van der Waals surface area contributed by atoms with Crippen molar-refractivity contribution < 1.29 is 41.0 Å². The van der Waals surface area contributed by atoms with Gasteiger partial charge in [0.1, 0.15) is 36.5 Å². The van der Waals surface area contributed by atoms with Crippen LogP contribution >= 0.6 is 0 Å². The summed E-state index contributed by atoms with van der Waals surface area (Å²) in [5.41, 5.74) is -1.44. The molecule has 2 aromatic carbocycles. The summed E-state index contributed by atoms with van der Waals surface area (Å²) in [6.45, 7) is 3.15. The van der Waals surface area contributed by atoms with Crippen LogP contribution in [0.5, 0.6) is 0 Å². The van der Waals surface area contributed by atoms with Crippen LogP contribution in [0.1, 0.15) is 23.1 Å². The minimum absolute atomic E-state index is 0.0942. The van der Waals surface area contributed by atoms with E-state index in [2.05, 4.69) is 11.9 Å². The largest absolute Gasteiger partial charge is 0.459 e. The smallest absolute Gasteiger partial charge is 0.422 e. The highest BCUT2D eigenvalue weighted by Gasteiger charge is 2.38. The predicted molar refractivity (Wildman–Crippen MR) is 104 cm³/mol. The Bertz CT molecular complexity index is 924. The molecule has 0 aliphatic carbocycles. The van der Waals surface area contributed by atoms with E-state index in [4.69, 9.17) is 9.47 Å². The van der Waals surface area contributed by atoms with E-state index in [1.807, 2.05) is 0 Å². The van der Waals surface area contributed by atoms with E-state index in [9.17, 15) is 31.5 Å². The SMILES string of the molecule is C=CCOC(=O)NC(CCc1cc(F)c(C(F)(F)F)c(F)c1)C(=O)OCc1ccccc1. The Morgan fingerprint density at radius 3 is 2.22 bits per heavy atom. The van der Waals surface area contributed by atoms with Crippen molar-refractivity contribution in [2.75, 3.05) is 6.61 Å². The third-order valence-corrected chi connectivity index (χ3v) is 4.24. The van der Waals surface area contributed by atoms with Crippen molar-refractivity contribution in [2.45, 2.75) is 31.7 Å². The average Bonchev–Trinajstić information content (AvgIpc) is 2.72. The van der Waals surface area contributed by atoms with Gasteiger partial charge in [-0.15, -0.1) is 0 Å². The Morgan fingerprint density at radius 1 is 1.03 bits per heavy atom. The number of hydrogen-bond donors (Lipinski definition) is 1. The molecule has 0 radical (unpaired) electrons. The van der Waals surface area contributed by atoms with E-state index in [-0.39, 0.29) is 31.6 Å². The number of halogens is 5. The first-order valence-corrected chi connectivity index (χ1v) is 9.41. The van der Waals surface area contributed by atoms with Crippen molar-refractivity contribution in [3.63, 3.8) is 0 Å². The van der Waals surface area contributed by atoms with Crippen LogP contribution in [0.3, 0.4) is 0 Å². The maximum atomic E-state index is 13.8. The molecule has 0 aromatic heterocycles. The first-order chi connectivity index (χ1) is 15.1. The topological polar surface area (TPSA) is 64.6 Å². The molecule has 0 aliphatic heterocycles. The van der Waals surface area contributed by atoms with Crippen LogP contribution in [0.25, 0.3) is 0 Å². The summed E-state index contributed by atoms with van der Waals surface area (Å²) in [5.74, 6) is -4.39. The third kappa shape index (κ3) is 7.36. The highest BCUT2D eigenvalue weighted by molar-refractivity contribution is 5.81. The predicted octanol–water partition coefficient (Wildman–Crippen LogP) is 4.94. The fraction of sp³-hybridized carbons (Fsp3) is 0.273. The third-order valence-electron chi connectivity index (χ3n) is 4.24. The lowest BCUT2D eigenvalue weighted by Gasteiger charge is -2.18. The first-order valence-electron chi connectivity index (χ1n) is 9.41. The number of amides is 1. The number of ether oxygens (including phenoxy) is 2. The molecule has 1 N–H and O–H groups in total. The van der Waals surface area contributed by atoms with Gasteiger partial charge in [0.05, 0.1) is 0 Å². The van der Waals surface area contributed by atoms with E-state index >= 15 is 0 Å². The van der Waals surface area contributed by atoms with Crippen LogP contribution in [0, 0.1) is 11.6 Å². The second-order valence-corrected chi connectivity index (χ2v) is 6.65. The first kappa shape index (κ1) is 24.8. The number of hydrogen-bond acceptors (Lipinski definition) is 4. The molecule has 2 aromatic rings. The number of carbonyl (C=O) groups is 2. The lowest BCUT2D eigenvalue weighted by atomic mass is 10.0. The zero-order valence-electron chi connectivity index (χ0n) is 16.8. The number of nitrogens with one attached hydrogen (secondary N) is 1. The van der Waals surface area contributed by atoms with Gasteiger partial charge < -0.3 is 14.8 Å². The Labute approximate surface area is 180 Å². The molecule has 0 spiro atoms. The minimum atomic E-state index is -5.19. The van der Waals surface area contributed by atoms with Crippen LogP contribution in [-0.2, 0) is 33.5 Å². The van der Waals surface area contributed by atoms with Gasteiger partial charge in [-0.2, -0.15) is 13.2 Å². The van der Waals surface area contributed by atoms with Crippen molar-refractivity contribution in [2.24, 2.45) is 0 Å².